The van der Waals surface area contributed by atoms with E-state index in [1.807, 2.05) is 6.92 Å². The highest BCUT2D eigenvalue weighted by Crippen LogP contribution is 2.16. The summed E-state index contributed by atoms with van der Waals surface area (Å²) in [5, 5.41) is 13.5. The van der Waals surface area contributed by atoms with Crippen molar-refractivity contribution in [2.75, 3.05) is 20.6 Å². The van der Waals surface area contributed by atoms with E-state index >= 15 is 0 Å². The maximum Gasteiger partial charge on any atom is 0.389 e. The standard InChI is InChI=1S/C18H20N6O4/c1-4-13(11-5-7-12(25)8-6-11)20-21-14(26)9-24-10-19-16-15(24)17(27)23(3)18(28)22(16)2/h5-8,10,15H,4,9H2,1-3H3,(H-,20,21,25,26)/p+1. The number of carbonyl (C=O) groups excluding carboxylic acids is 3. The Bertz CT molecular complexity index is 917. The van der Waals surface area contributed by atoms with Gasteiger partial charge in [0.2, 0.25) is 0 Å². The molecule has 0 radical (unpaired) electrons. The molecule has 0 aliphatic carbocycles. The van der Waals surface area contributed by atoms with Gasteiger partial charge in [-0.3, -0.25) is 19.4 Å². The van der Waals surface area contributed by atoms with E-state index in [1.54, 1.807) is 24.3 Å². The fourth-order valence-electron chi connectivity index (χ4n) is 3.01. The van der Waals surface area contributed by atoms with Crippen LogP contribution < -0.4 is 10.1 Å². The molecule has 146 valence electrons. The Morgan fingerprint density at radius 2 is 1.89 bits per heavy atom. The maximum absolute atomic E-state index is 12.4. The number of amides is 4. The zero-order chi connectivity index (χ0) is 20.4. The third-order valence-electron chi connectivity index (χ3n) is 4.57. The van der Waals surface area contributed by atoms with Crippen molar-refractivity contribution in [2.24, 2.45) is 5.10 Å². The van der Waals surface area contributed by atoms with E-state index in [4.69, 9.17) is 0 Å². The van der Waals surface area contributed by atoms with E-state index in [-0.39, 0.29) is 12.3 Å². The third-order valence-corrected chi connectivity index (χ3v) is 4.57. The van der Waals surface area contributed by atoms with Gasteiger partial charge < -0.3 is 5.11 Å². The van der Waals surface area contributed by atoms with Crippen LogP contribution in [0.1, 0.15) is 18.9 Å². The minimum Gasteiger partial charge on any atom is -0.508 e. The van der Waals surface area contributed by atoms with Crippen LogP contribution in [0, 0.1) is 0 Å². The predicted molar refractivity (Wildman–Crippen MR) is 103 cm³/mol. The number of likely N-dealkylation sites (N-methyl/N-ethyl adjacent to an activating group) is 2. The molecule has 4 amide bonds. The van der Waals surface area contributed by atoms with Crippen molar-refractivity contribution in [1.29, 1.82) is 0 Å². The van der Waals surface area contributed by atoms with Crippen LogP contribution in [0.4, 0.5) is 4.79 Å². The number of aromatic hydroxyl groups is 1. The molecule has 2 aliphatic heterocycles. The lowest BCUT2D eigenvalue weighted by molar-refractivity contribution is -0.131. The molecule has 10 nitrogen and oxygen atoms in total. The van der Waals surface area contributed by atoms with Crippen LogP contribution in [-0.4, -0.2) is 82.2 Å². The van der Waals surface area contributed by atoms with Gasteiger partial charge in [-0.05, 0) is 36.2 Å². The predicted octanol–water partition coefficient (Wildman–Crippen LogP) is -0.675. The quantitative estimate of drug-likeness (QED) is 0.396. The number of carbonyl (C=O) groups is 3. The van der Waals surface area contributed by atoms with Gasteiger partial charge in [-0.2, -0.15) is 10.0 Å². The molecule has 1 saturated heterocycles. The molecule has 0 spiro atoms. The van der Waals surface area contributed by atoms with E-state index < -0.39 is 23.9 Å². The SMILES string of the molecule is CC/C(=N\NC(=O)CN1C=[N+]=C2C1C(=O)N(C)C(=O)N2C)c1ccc(O)cc1. The normalized spacial score (nSPS) is 19.1. The van der Waals surface area contributed by atoms with Gasteiger partial charge in [0.15, 0.2) is 0 Å². The van der Waals surface area contributed by atoms with E-state index in [0.29, 0.717) is 18.0 Å². The van der Waals surface area contributed by atoms with Crippen molar-refractivity contribution in [2.45, 2.75) is 19.4 Å². The average Bonchev–Trinajstić information content (AvgIpc) is 3.10. The smallest absolute Gasteiger partial charge is 0.389 e. The van der Waals surface area contributed by atoms with E-state index in [0.717, 1.165) is 10.5 Å². The Kier molecular flexibility index (Phi) is 5.14. The molecule has 1 aromatic carbocycles. The minimum atomic E-state index is -0.815. The van der Waals surface area contributed by atoms with Crippen LogP contribution >= 0.6 is 0 Å². The lowest BCUT2D eigenvalue weighted by atomic mass is 10.1. The third kappa shape index (κ3) is 3.45. The molecule has 2 heterocycles. The van der Waals surface area contributed by atoms with Gasteiger partial charge in [0.05, 0.1) is 12.8 Å². The summed E-state index contributed by atoms with van der Waals surface area (Å²) in [4.78, 5) is 40.5. The van der Waals surface area contributed by atoms with Crippen LogP contribution in [-0.2, 0) is 9.59 Å². The molecule has 1 atom stereocenters. The van der Waals surface area contributed by atoms with Gasteiger partial charge in [-0.15, -0.1) is 0 Å². The summed E-state index contributed by atoms with van der Waals surface area (Å²) in [7, 11) is 2.92. The molecule has 28 heavy (non-hydrogen) atoms. The second-order valence-electron chi connectivity index (χ2n) is 6.41. The van der Waals surface area contributed by atoms with Crippen LogP contribution in [0.5, 0.6) is 5.75 Å². The molecule has 3 rings (SSSR count). The molecular weight excluding hydrogens is 364 g/mol. The molecule has 0 saturated carbocycles. The highest BCUT2D eigenvalue weighted by Gasteiger charge is 2.53. The zero-order valence-corrected chi connectivity index (χ0v) is 15.8. The summed E-state index contributed by atoms with van der Waals surface area (Å²) in [6.45, 7) is 1.75. The summed E-state index contributed by atoms with van der Waals surface area (Å²) < 4.78 is 4.11. The second-order valence-corrected chi connectivity index (χ2v) is 6.41. The molecule has 1 unspecified atom stereocenters. The number of urea groups is 1. The number of benzene rings is 1. The number of phenolic OH excluding ortho intramolecular Hbond substituents is 1. The lowest BCUT2D eigenvalue weighted by Crippen LogP contribution is -2.63. The monoisotopic (exact) mass is 385 g/mol. The highest BCUT2D eigenvalue weighted by atomic mass is 16.3. The summed E-state index contributed by atoms with van der Waals surface area (Å²) in [5.41, 5.74) is 3.91. The van der Waals surface area contributed by atoms with Gasteiger partial charge in [0.25, 0.3) is 24.2 Å². The summed E-state index contributed by atoms with van der Waals surface area (Å²) >= 11 is 0. The van der Waals surface area contributed by atoms with Crippen molar-refractivity contribution >= 4 is 35.7 Å². The first-order valence-corrected chi connectivity index (χ1v) is 8.70. The number of phenols is 1. The van der Waals surface area contributed by atoms with E-state index in [1.165, 1.54) is 30.2 Å². The second kappa shape index (κ2) is 7.53. The molecular formula is C18H21N6O4+. The number of imide groups is 1. The lowest BCUT2D eigenvalue weighted by Gasteiger charge is -2.29. The number of fused-ring (bicyclic) bond motifs is 1. The summed E-state index contributed by atoms with van der Waals surface area (Å²) in [6, 6.07) is 5.23. The van der Waals surface area contributed by atoms with Crippen LogP contribution in [0.15, 0.2) is 29.4 Å². The first-order valence-electron chi connectivity index (χ1n) is 8.70. The van der Waals surface area contributed by atoms with E-state index in [9.17, 15) is 19.5 Å². The maximum atomic E-state index is 12.4. The molecule has 10 heteroatoms. The van der Waals surface area contributed by atoms with Crippen molar-refractivity contribution < 1.29 is 19.5 Å². The Balaban J connectivity index is 1.67. The van der Waals surface area contributed by atoms with Crippen molar-refractivity contribution in [3.8, 4) is 5.75 Å². The fraction of sp³-hybridized carbons (Fsp3) is 0.333. The summed E-state index contributed by atoms with van der Waals surface area (Å²) in [5.74, 6) is -0.422. The highest BCUT2D eigenvalue weighted by molar-refractivity contribution is 6.22. The topological polar surface area (TPSA) is 120 Å². The number of amidine groups is 1. The number of hydrogen-bond donors (Lipinski definition) is 2. The minimum absolute atomic E-state index is 0.144. The Labute approximate surface area is 161 Å². The van der Waals surface area contributed by atoms with E-state index in [2.05, 4.69) is 15.2 Å². The van der Waals surface area contributed by atoms with Crippen molar-refractivity contribution in [3.05, 3.63) is 29.8 Å². The van der Waals surface area contributed by atoms with Gasteiger partial charge in [0.1, 0.15) is 12.3 Å². The largest absolute Gasteiger partial charge is 0.508 e. The number of hydrazone groups is 1. The average molecular weight is 385 g/mol. The molecule has 2 N–H and O–H groups in total. The molecule has 1 aromatic rings. The van der Waals surface area contributed by atoms with Gasteiger partial charge >= 0.3 is 11.9 Å². The van der Waals surface area contributed by atoms with Crippen LogP contribution in [0.3, 0.4) is 0 Å². The Hall–Kier alpha value is -3.65. The number of nitrogens with zero attached hydrogens (tertiary/aromatic N) is 5. The van der Waals surface area contributed by atoms with Crippen molar-refractivity contribution in [1.82, 2.24) is 24.8 Å². The van der Waals surface area contributed by atoms with Crippen LogP contribution in [0.25, 0.3) is 0 Å². The fourth-order valence-corrected chi connectivity index (χ4v) is 3.01. The van der Waals surface area contributed by atoms with Crippen molar-refractivity contribution in [3.63, 3.8) is 0 Å². The molecule has 2 aliphatic rings. The van der Waals surface area contributed by atoms with Gasteiger partial charge in [-0.25, -0.2) is 14.9 Å². The molecule has 1 fully saturated rings. The first kappa shape index (κ1) is 19.1. The Morgan fingerprint density at radius 3 is 2.54 bits per heavy atom. The zero-order valence-electron chi connectivity index (χ0n) is 15.8. The molecule has 0 bridgehead atoms. The first-order chi connectivity index (χ1) is 13.3. The van der Waals surface area contributed by atoms with Gasteiger partial charge in [-0.1, -0.05) is 6.92 Å². The Morgan fingerprint density at radius 1 is 1.21 bits per heavy atom. The molecule has 0 aromatic heterocycles. The number of rotatable bonds is 5. The summed E-state index contributed by atoms with van der Waals surface area (Å²) in [6.07, 6.45) is 1.96. The number of hydrogen-bond acceptors (Lipinski definition) is 6. The van der Waals surface area contributed by atoms with Crippen LogP contribution in [0.2, 0.25) is 0 Å². The van der Waals surface area contributed by atoms with Gasteiger partial charge in [0, 0.05) is 7.05 Å². The number of nitrogens with one attached hydrogen (secondary N) is 1.